The van der Waals surface area contributed by atoms with E-state index >= 15 is 0 Å². The Morgan fingerprint density at radius 1 is 1.26 bits per heavy atom. The van der Waals surface area contributed by atoms with Crippen LogP contribution in [0.25, 0.3) is 0 Å². The molecule has 0 radical (unpaired) electrons. The van der Waals surface area contributed by atoms with Gasteiger partial charge in [0.25, 0.3) is 0 Å². The van der Waals surface area contributed by atoms with Crippen LogP contribution in [-0.2, 0) is 16.6 Å². The molecule has 0 bridgehead atoms. The number of sulfonamides is 1. The lowest BCUT2D eigenvalue weighted by molar-refractivity contribution is 0.177. The first-order chi connectivity index (χ1) is 11.0. The number of rotatable bonds is 8. The second-order valence-electron chi connectivity index (χ2n) is 6.20. The highest BCUT2D eigenvalue weighted by molar-refractivity contribution is 7.98. The molecule has 0 atom stereocenters. The van der Waals surface area contributed by atoms with Gasteiger partial charge in [-0.05, 0) is 56.2 Å². The van der Waals surface area contributed by atoms with Crippen LogP contribution >= 0.6 is 11.8 Å². The van der Waals surface area contributed by atoms with Gasteiger partial charge in [0.15, 0.2) is 0 Å². The molecule has 23 heavy (non-hydrogen) atoms. The first-order valence-corrected chi connectivity index (χ1v) is 11.2. The summed E-state index contributed by atoms with van der Waals surface area (Å²) in [6.45, 7) is 5.57. The largest absolute Gasteiger partial charge is 0.299 e. The zero-order valence-corrected chi connectivity index (χ0v) is 15.8. The smallest absolute Gasteiger partial charge is 0.211 e. The first-order valence-electron chi connectivity index (χ1n) is 8.35. The van der Waals surface area contributed by atoms with Crippen molar-refractivity contribution in [1.29, 1.82) is 0 Å². The molecule has 1 aromatic rings. The number of thioether (sulfide) groups is 1. The number of nitrogens with one attached hydrogen (secondary N) is 1. The summed E-state index contributed by atoms with van der Waals surface area (Å²) in [6.07, 6.45) is 4.92. The average Bonchev–Trinajstić information content (AvgIpc) is 2.55. The molecule has 0 aromatic heterocycles. The van der Waals surface area contributed by atoms with Gasteiger partial charge >= 0.3 is 0 Å². The van der Waals surface area contributed by atoms with E-state index in [-0.39, 0.29) is 5.75 Å². The molecule has 1 aliphatic heterocycles. The van der Waals surface area contributed by atoms with Crippen molar-refractivity contribution in [2.24, 2.45) is 5.92 Å². The van der Waals surface area contributed by atoms with Crippen LogP contribution in [-0.4, -0.2) is 45.0 Å². The predicted octanol–water partition coefficient (Wildman–Crippen LogP) is 2.95. The summed E-state index contributed by atoms with van der Waals surface area (Å²) >= 11 is 1.80. The predicted molar refractivity (Wildman–Crippen MR) is 98.3 cm³/mol. The fraction of sp³-hybridized carbons (Fsp3) is 0.647. The van der Waals surface area contributed by atoms with Crippen LogP contribution in [0.2, 0.25) is 0 Å². The standard InChI is InChI=1S/C17H28N2O2S2/c1-3-12-23(20,21)18-13-15-8-10-19(11-9-15)14-16-6-4-5-7-17(16)22-2/h4-7,15,18H,3,8-14H2,1-2H3. The third-order valence-corrected chi connectivity index (χ3v) is 6.75. The van der Waals surface area contributed by atoms with Gasteiger partial charge in [0.1, 0.15) is 0 Å². The van der Waals surface area contributed by atoms with Gasteiger partial charge in [0.2, 0.25) is 10.0 Å². The highest BCUT2D eigenvalue weighted by atomic mass is 32.2. The molecular weight excluding hydrogens is 328 g/mol. The van der Waals surface area contributed by atoms with E-state index in [9.17, 15) is 8.42 Å². The maximum absolute atomic E-state index is 11.7. The second-order valence-corrected chi connectivity index (χ2v) is 8.97. The van der Waals surface area contributed by atoms with Crippen molar-refractivity contribution in [3.8, 4) is 0 Å². The first kappa shape index (κ1) is 18.8. The Morgan fingerprint density at radius 3 is 2.61 bits per heavy atom. The summed E-state index contributed by atoms with van der Waals surface area (Å²) in [5.74, 6) is 0.700. The monoisotopic (exact) mass is 356 g/mol. The van der Waals surface area contributed by atoms with Crippen molar-refractivity contribution in [3.05, 3.63) is 29.8 Å². The van der Waals surface area contributed by atoms with Crippen LogP contribution in [0.4, 0.5) is 0 Å². The fourth-order valence-corrected chi connectivity index (χ4v) is 4.79. The summed E-state index contributed by atoms with van der Waals surface area (Å²) in [4.78, 5) is 3.83. The Bertz CT molecular complexity index is 582. The highest BCUT2D eigenvalue weighted by Gasteiger charge is 2.21. The molecule has 1 aromatic carbocycles. The minimum Gasteiger partial charge on any atom is -0.299 e. The Balaban J connectivity index is 1.78. The third kappa shape index (κ3) is 6.10. The molecule has 130 valence electrons. The van der Waals surface area contributed by atoms with Gasteiger partial charge in [-0.3, -0.25) is 4.90 Å². The average molecular weight is 357 g/mol. The normalized spacial score (nSPS) is 17.5. The molecule has 0 saturated carbocycles. The number of hydrogen-bond acceptors (Lipinski definition) is 4. The molecule has 0 aliphatic carbocycles. The van der Waals surface area contributed by atoms with Crippen LogP contribution in [0.15, 0.2) is 29.2 Å². The van der Waals surface area contributed by atoms with E-state index in [0.29, 0.717) is 18.9 Å². The Morgan fingerprint density at radius 2 is 1.96 bits per heavy atom. The van der Waals surface area contributed by atoms with Gasteiger partial charge in [0.05, 0.1) is 5.75 Å². The molecule has 1 heterocycles. The van der Waals surface area contributed by atoms with Gasteiger partial charge < -0.3 is 0 Å². The quantitative estimate of drug-likeness (QED) is 0.728. The maximum Gasteiger partial charge on any atom is 0.211 e. The number of piperidine rings is 1. The molecule has 0 amide bonds. The summed E-state index contributed by atoms with van der Waals surface area (Å²) in [6, 6.07) is 8.57. The topological polar surface area (TPSA) is 49.4 Å². The molecule has 2 rings (SSSR count). The van der Waals surface area contributed by atoms with E-state index < -0.39 is 10.0 Å². The van der Waals surface area contributed by atoms with Crippen LogP contribution in [0, 0.1) is 5.92 Å². The highest BCUT2D eigenvalue weighted by Crippen LogP contribution is 2.24. The number of nitrogens with zero attached hydrogens (tertiary/aromatic N) is 1. The van der Waals surface area contributed by atoms with Gasteiger partial charge in [-0.15, -0.1) is 11.8 Å². The third-order valence-electron chi connectivity index (χ3n) is 4.36. The van der Waals surface area contributed by atoms with E-state index in [1.807, 2.05) is 6.92 Å². The van der Waals surface area contributed by atoms with Crippen molar-refractivity contribution >= 4 is 21.8 Å². The maximum atomic E-state index is 11.7. The Kier molecular flexibility index (Phi) is 7.40. The molecule has 0 unspecified atom stereocenters. The molecule has 1 aliphatic rings. The summed E-state index contributed by atoms with van der Waals surface area (Å²) < 4.78 is 26.2. The van der Waals surface area contributed by atoms with Crippen LogP contribution in [0.3, 0.4) is 0 Å². The SMILES string of the molecule is CCCS(=O)(=O)NCC1CCN(Cc2ccccc2SC)CC1. The lowest BCUT2D eigenvalue weighted by atomic mass is 9.97. The molecule has 0 spiro atoms. The minimum absolute atomic E-state index is 0.233. The number of hydrogen-bond donors (Lipinski definition) is 1. The Hall–Kier alpha value is -0.560. The fourth-order valence-electron chi connectivity index (χ4n) is 3.01. The van der Waals surface area contributed by atoms with Crippen LogP contribution < -0.4 is 4.72 Å². The molecule has 1 saturated heterocycles. The summed E-state index contributed by atoms with van der Waals surface area (Å²) in [5.41, 5.74) is 1.39. The van der Waals surface area contributed by atoms with E-state index in [1.54, 1.807) is 11.8 Å². The zero-order valence-electron chi connectivity index (χ0n) is 14.1. The molecule has 6 heteroatoms. The summed E-state index contributed by atoms with van der Waals surface area (Å²) in [7, 11) is -3.07. The molecule has 1 fully saturated rings. The van der Waals surface area contributed by atoms with Gasteiger partial charge in [-0.25, -0.2) is 13.1 Å². The number of likely N-dealkylation sites (tertiary alicyclic amines) is 1. The van der Waals surface area contributed by atoms with Crippen molar-refractivity contribution in [2.75, 3.05) is 31.6 Å². The van der Waals surface area contributed by atoms with E-state index in [4.69, 9.17) is 0 Å². The lowest BCUT2D eigenvalue weighted by Crippen LogP contribution is -2.38. The number of benzene rings is 1. The van der Waals surface area contributed by atoms with Gasteiger partial charge in [-0.1, -0.05) is 25.1 Å². The van der Waals surface area contributed by atoms with E-state index in [0.717, 1.165) is 32.5 Å². The molecule has 4 nitrogen and oxygen atoms in total. The molecule has 1 N–H and O–H groups in total. The van der Waals surface area contributed by atoms with Gasteiger partial charge in [0, 0.05) is 18.0 Å². The van der Waals surface area contributed by atoms with Crippen molar-refractivity contribution < 1.29 is 8.42 Å². The second kappa shape index (κ2) is 9.06. The van der Waals surface area contributed by atoms with Crippen LogP contribution in [0.5, 0.6) is 0 Å². The van der Waals surface area contributed by atoms with Crippen LogP contribution in [0.1, 0.15) is 31.7 Å². The van der Waals surface area contributed by atoms with Gasteiger partial charge in [-0.2, -0.15) is 0 Å². The van der Waals surface area contributed by atoms with Crippen molar-refractivity contribution in [2.45, 2.75) is 37.6 Å². The lowest BCUT2D eigenvalue weighted by Gasteiger charge is -2.32. The zero-order chi connectivity index (χ0) is 16.7. The minimum atomic E-state index is -3.07. The summed E-state index contributed by atoms with van der Waals surface area (Å²) in [5, 5.41) is 0. The van der Waals surface area contributed by atoms with E-state index in [2.05, 4.69) is 40.1 Å². The van der Waals surface area contributed by atoms with Crippen molar-refractivity contribution in [1.82, 2.24) is 9.62 Å². The van der Waals surface area contributed by atoms with Crippen molar-refractivity contribution in [3.63, 3.8) is 0 Å². The molecular formula is C17H28N2O2S2. The Labute approximate surface area is 145 Å². The van der Waals surface area contributed by atoms with E-state index in [1.165, 1.54) is 10.5 Å².